The van der Waals surface area contributed by atoms with Gasteiger partial charge in [-0.2, -0.15) is 27.1 Å². The van der Waals surface area contributed by atoms with Gasteiger partial charge in [0.15, 0.2) is 0 Å². The van der Waals surface area contributed by atoms with Gasteiger partial charge in [-0.3, -0.25) is 4.79 Å². The number of alkyl halides is 5. The molecule has 0 spiro atoms. The highest BCUT2D eigenvalue weighted by molar-refractivity contribution is 5.83. The highest BCUT2D eigenvalue weighted by Crippen LogP contribution is 2.32. The summed E-state index contributed by atoms with van der Waals surface area (Å²) in [4.78, 5) is 12.3. The van der Waals surface area contributed by atoms with Gasteiger partial charge in [-0.15, -0.1) is 10.2 Å². The average molecular weight is 438 g/mol. The number of hydrogen-bond acceptors (Lipinski definition) is 5. The van der Waals surface area contributed by atoms with E-state index in [-0.39, 0.29) is 11.5 Å². The number of amides is 1. The molecule has 0 saturated carbocycles. The number of carbonyl (C=O) groups is 1. The van der Waals surface area contributed by atoms with E-state index in [1.165, 1.54) is 43.6 Å². The number of halogens is 5. The molecule has 0 aliphatic rings. The van der Waals surface area contributed by atoms with Crippen LogP contribution in [0.4, 0.5) is 22.0 Å². The molecule has 0 N–H and O–H groups in total. The Balaban J connectivity index is 1.66. The van der Waals surface area contributed by atoms with E-state index in [1.54, 1.807) is 12.1 Å². The molecule has 0 unspecified atom stereocenters. The average Bonchev–Trinajstić information content (AvgIpc) is 3.22. The Bertz CT molecular complexity index is 1080. The minimum atomic E-state index is -4.56. The van der Waals surface area contributed by atoms with Crippen LogP contribution in [0.5, 0.6) is 0 Å². The fraction of sp³-hybridized carbons (Fsp3) is 0.200. The Labute approximate surface area is 173 Å². The topological polar surface area (TPSA) is 71.6 Å². The largest absolute Gasteiger partial charge is 0.416 e. The van der Waals surface area contributed by atoms with Crippen LogP contribution in [-0.2, 0) is 17.4 Å². The summed E-state index contributed by atoms with van der Waals surface area (Å²) in [5.41, 5.74) is -0.0566. The molecule has 0 radical (unpaired) electrons. The number of hydrogen-bond donors (Lipinski definition) is 0. The van der Waals surface area contributed by atoms with Gasteiger partial charge in [-0.05, 0) is 29.3 Å². The van der Waals surface area contributed by atoms with Crippen LogP contribution >= 0.6 is 0 Å². The monoisotopic (exact) mass is 438 g/mol. The zero-order valence-electron chi connectivity index (χ0n) is 16.0. The molecule has 0 fully saturated rings. The van der Waals surface area contributed by atoms with Crippen molar-refractivity contribution in [2.45, 2.75) is 19.0 Å². The van der Waals surface area contributed by atoms with Crippen molar-refractivity contribution in [2.75, 3.05) is 7.05 Å². The molecule has 3 rings (SSSR count). The third kappa shape index (κ3) is 5.50. The fourth-order valence-corrected chi connectivity index (χ4v) is 2.60. The van der Waals surface area contributed by atoms with Gasteiger partial charge in [0, 0.05) is 12.6 Å². The molecular weight excluding hydrogens is 423 g/mol. The van der Waals surface area contributed by atoms with E-state index < -0.39 is 36.4 Å². The fourth-order valence-electron chi connectivity index (χ4n) is 2.60. The van der Waals surface area contributed by atoms with Gasteiger partial charge in [-0.25, -0.2) is 5.01 Å². The molecule has 1 amide bonds. The van der Waals surface area contributed by atoms with E-state index in [4.69, 9.17) is 4.42 Å². The zero-order chi connectivity index (χ0) is 22.6. The first-order valence-electron chi connectivity index (χ1n) is 8.83. The molecule has 11 heteroatoms. The van der Waals surface area contributed by atoms with Crippen molar-refractivity contribution in [1.82, 2.24) is 15.2 Å². The van der Waals surface area contributed by atoms with Crippen molar-refractivity contribution in [3.63, 3.8) is 0 Å². The lowest BCUT2D eigenvalue weighted by Gasteiger charge is -2.15. The second-order valence-electron chi connectivity index (χ2n) is 6.36. The van der Waals surface area contributed by atoms with E-state index in [9.17, 15) is 26.7 Å². The minimum absolute atomic E-state index is 0.0746. The molecular formula is C20H15F5N4O2. The molecule has 162 valence electrons. The number of nitrogens with zero attached hydrogens (tertiary/aromatic N) is 4. The molecule has 1 aromatic heterocycles. The molecule has 1 heterocycles. The second-order valence-corrected chi connectivity index (χ2v) is 6.36. The van der Waals surface area contributed by atoms with Gasteiger partial charge in [0.2, 0.25) is 11.8 Å². The molecule has 2 aromatic carbocycles. The molecule has 0 bridgehead atoms. The van der Waals surface area contributed by atoms with Crippen molar-refractivity contribution >= 4 is 12.1 Å². The third-order valence-electron chi connectivity index (χ3n) is 4.19. The Morgan fingerprint density at radius 1 is 1.13 bits per heavy atom. The van der Waals surface area contributed by atoms with E-state index in [1.807, 2.05) is 0 Å². The Kier molecular flexibility index (Phi) is 6.42. The van der Waals surface area contributed by atoms with Crippen LogP contribution < -0.4 is 0 Å². The van der Waals surface area contributed by atoms with E-state index in [2.05, 4.69) is 15.3 Å². The predicted molar refractivity (Wildman–Crippen MR) is 100 cm³/mol. The van der Waals surface area contributed by atoms with Gasteiger partial charge in [0.1, 0.15) is 0 Å². The van der Waals surface area contributed by atoms with Crippen molar-refractivity contribution in [1.29, 1.82) is 0 Å². The van der Waals surface area contributed by atoms with Crippen LogP contribution in [0.2, 0.25) is 0 Å². The van der Waals surface area contributed by atoms with Crippen molar-refractivity contribution in [3.8, 4) is 11.5 Å². The molecule has 31 heavy (non-hydrogen) atoms. The number of carbonyl (C=O) groups excluding carboxylic acids is 1. The molecule has 6 nitrogen and oxygen atoms in total. The quantitative estimate of drug-likeness (QED) is 0.317. The molecule has 0 aliphatic heterocycles. The van der Waals surface area contributed by atoms with Gasteiger partial charge >= 0.3 is 12.6 Å². The van der Waals surface area contributed by atoms with Gasteiger partial charge in [-0.1, -0.05) is 30.3 Å². The molecule has 0 atom stereocenters. The lowest BCUT2D eigenvalue weighted by Crippen LogP contribution is -2.24. The molecule has 0 saturated heterocycles. The summed E-state index contributed by atoms with van der Waals surface area (Å²) in [6.45, 7) is 0. The summed E-state index contributed by atoms with van der Waals surface area (Å²) in [5.74, 6) is -1.49. The van der Waals surface area contributed by atoms with Crippen LogP contribution in [-0.4, -0.2) is 34.4 Å². The first-order chi connectivity index (χ1) is 14.6. The summed E-state index contributed by atoms with van der Waals surface area (Å²) in [6.07, 6.45) is -6.57. The van der Waals surface area contributed by atoms with Crippen LogP contribution in [0.3, 0.4) is 0 Å². The van der Waals surface area contributed by atoms with Crippen molar-refractivity contribution < 1.29 is 31.2 Å². The van der Waals surface area contributed by atoms with Gasteiger partial charge in [0.05, 0.1) is 18.2 Å². The lowest BCUT2D eigenvalue weighted by molar-refractivity contribution is -0.138. The highest BCUT2D eigenvalue weighted by atomic mass is 19.4. The second kappa shape index (κ2) is 9.02. The number of aromatic nitrogens is 2. The number of rotatable bonds is 6. The zero-order valence-corrected chi connectivity index (χ0v) is 16.0. The summed E-state index contributed by atoms with van der Waals surface area (Å²) in [6, 6.07) is 11.1. The van der Waals surface area contributed by atoms with Crippen LogP contribution in [0.25, 0.3) is 11.5 Å². The smallest absolute Gasteiger partial charge is 0.415 e. The van der Waals surface area contributed by atoms with Crippen LogP contribution in [0.1, 0.15) is 29.0 Å². The maximum Gasteiger partial charge on any atom is 0.416 e. The first-order valence-corrected chi connectivity index (χ1v) is 8.83. The lowest BCUT2D eigenvalue weighted by atomic mass is 10.0. The summed E-state index contributed by atoms with van der Waals surface area (Å²) in [5, 5.41) is 11.7. The standard InChI is InChI=1S/C20H15F5N4O2/c1-29(16(30)10-14-4-2-3-5-15(14)20(23,24)25)26-11-12-6-8-13(9-7-12)18-27-28-19(31-18)17(21)22/h2-9,11,17H,10H2,1H3/b26-11+. The predicted octanol–water partition coefficient (Wildman–Crippen LogP) is 4.73. The van der Waals surface area contributed by atoms with Gasteiger partial charge in [0.25, 0.3) is 5.89 Å². The van der Waals surface area contributed by atoms with Gasteiger partial charge < -0.3 is 4.42 Å². The summed E-state index contributed by atoms with van der Waals surface area (Å²) in [7, 11) is 1.33. The number of likely N-dealkylation sites (N-methyl/N-ethyl adjacent to an activating group) is 1. The maximum absolute atomic E-state index is 13.1. The Morgan fingerprint density at radius 3 is 2.42 bits per heavy atom. The van der Waals surface area contributed by atoms with Crippen molar-refractivity contribution in [2.24, 2.45) is 5.10 Å². The van der Waals surface area contributed by atoms with Crippen LogP contribution in [0, 0.1) is 0 Å². The van der Waals surface area contributed by atoms with Crippen LogP contribution in [0.15, 0.2) is 58.0 Å². The highest BCUT2D eigenvalue weighted by Gasteiger charge is 2.33. The first kappa shape index (κ1) is 22.1. The Hall–Kier alpha value is -3.63. The maximum atomic E-state index is 13.1. The van der Waals surface area contributed by atoms with E-state index in [0.717, 1.165) is 11.1 Å². The summed E-state index contributed by atoms with van der Waals surface area (Å²) < 4.78 is 69.1. The van der Waals surface area contributed by atoms with E-state index in [0.29, 0.717) is 11.1 Å². The molecule has 0 aliphatic carbocycles. The Morgan fingerprint density at radius 2 is 1.81 bits per heavy atom. The number of hydrazone groups is 1. The number of benzene rings is 2. The summed E-state index contributed by atoms with van der Waals surface area (Å²) >= 11 is 0. The molecule has 3 aromatic rings. The minimum Gasteiger partial charge on any atom is -0.415 e. The SMILES string of the molecule is CN(/N=C/c1ccc(-c2nnc(C(F)F)o2)cc1)C(=O)Cc1ccccc1C(F)(F)F. The van der Waals surface area contributed by atoms with E-state index >= 15 is 0 Å². The third-order valence-corrected chi connectivity index (χ3v) is 4.19. The normalized spacial score (nSPS) is 12.0. The van der Waals surface area contributed by atoms with Crippen molar-refractivity contribution in [3.05, 3.63) is 71.1 Å².